The molecule has 1 aromatic heterocycles. The fraction of sp³-hybridized carbons (Fsp3) is 0.524. The highest BCUT2D eigenvalue weighted by Gasteiger charge is 2.54. The van der Waals surface area contributed by atoms with Crippen LogP contribution in [0.1, 0.15) is 46.6 Å². The maximum Gasteiger partial charge on any atom is 0.272 e. The van der Waals surface area contributed by atoms with E-state index in [1.54, 1.807) is 0 Å². The summed E-state index contributed by atoms with van der Waals surface area (Å²) in [7, 11) is 0. The fourth-order valence-corrected chi connectivity index (χ4v) is 5.06. The minimum absolute atomic E-state index is 0.0159. The number of hydrogen-bond donors (Lipinski definition) is 2. The molecular weight excluding hydrogens is 326 g/mol. The summed E-state index contributed by atoms with van der Waals surface area (Å²) < 4.78 is 5.96. The maximum atomic E-state index is 12.9. The second kappa shape index (κ2) is 6.54. The molecule has 2 N–H and O–H groups in total. The van der Waals surface area contributed by atoms with Crippen molar-refractivity contribution in [1.29, 1.82) is 0 Å². The lowest BCUT2D eigenvalue weighted by molar-refractivity contribution is -0.0528. The van der Waals surface area contributed by atoms with E-state index in [1.807, 2.05) is 6.07 Å². The largest absolute Gasteiger partial charge is 0.377 e. The van der Waals surface area contributed by atoms with Crippen LogP contribution in [0.15, 0.2) is 30.3 Å². The van der Waals surface area contributed by atoms with E-state index in [0.717, 1.165) is 50.0 Å². The zero-order valence-electron chi connectivity index (χ0n) is 14.9. The molecule has 2 fully saturated rings. The van der Waals surface area contributed by atoms with E-state index in [2.05, 4.69) is 39.8 Å². The van der Waals surface area contributed by atoms with Crippen LogP contribution in [0.25, 0.3) is 0 Å². The van der Waals surface area contributed by atoms with E-state index < -0.39 is 0 Å². The Labute approximate surface area is 153 Å². The zero-order chi connectivity index (χ0) is 17.5. The lowest BCUT2D eigenvalue weighted by Gasteiger charge is -2.48. The first-order valence-electron chi connectivity index (χ1n) is 9.84. The van der Waals surface area contributed by atoms with E-state index >= 15 is 0 Å². The van der Waals surface area contributed by atoms with Crippen LogP contribution in [0.3, 0.4) is 0 Å². The Bertz CT molecular complexity index is 801. The number of ether oxygens (including phenoxy) is 1. The molecule has 0 spiro atoms. The van der Waals surface area contributed by atoms with Gasteiger partial charge in [0.15, 0.2) is 5.69 Å². The summed E-state index contributed by atoms with van der Waals surface area (Å²) in [4.78, 5) is 12.9. The van der Waals surface area contributed by atoms with Crippen molar-refractivity contribution in [1.82, 2.24) is 15.5 Å². The predicted octanol–water partition coefficient (Wildman–Crippen LogP) is 2.66. The molecule has 4 atom stereocenters. The minimum Gasteiger partial charge on any atom is -0.377 e. The standard InChI is InChI=1S/C21H25N3O2/c25-21(19-14-8-4-5-9-17(14)23-24-19)22-18-15-10-11-26-20(15)16(18)12-13-6-2-1-3-7-13/h1-3,6-7,15-16,18,20H,4-5,8-12H2,(H,22,25)(H,23,24)/t15-,16+,18-,20-/m0/s1. The van der Waals surface area contributed by atoms with Crippen molar-refractivity contribution in [3.05, 3.63) is 52.8 Å². The van der Waals surface area contributed by atoms with Crippen molar-refractivity contribution in [3.8, 4) is 0 Å². The number of H-pyrrole nitrogens is 1. The lowest BCUT2D eigenvalue weighted by atomic mass is 9.64. The van der Waals surface area contributed by atoms with Gasteiger partial charge in [-0.25, -0.2) is 0 Å². The van der Waals surface area contributed by atoms with Crippen LogP contribution in [-0.2, 0) is 24.0 Å². The Morgan fingerprint density at radius 3 is 2.96 bits per heavy atom. The summed E-state index contributed by atoms with van der Waals surface area (Å²) in [5, 5.41) is 10.7. The number of fused-ring (bicyclic) bond motifs is 2. The van der Waals surface area contributed by atoms with E-state index in [9.17, 15) is 4.79 Å². The average molecular weight is 351 g/mol. The van der Waals surface area contributed by atoms with Crippen LogP contribution in [0.4, 0.5) is 0 Å². The van der Waals surface area contributed by atoms with Crippen LogP contribution >= 0.6 is 0 Å². The van der Waals surface area contributed by atoms with Gasteiger partial charge in [0, 0.05) is 35.7 Å². The molecule has 5 heteroatoms. The van der Waals surface area contributed by atoms with Crippen LogP contribution in [0.2, 0.25) is 0 Å². The number of benzene rings is 1. The Balaban J connectivity index is 1.33. The van der Waals surface area contributed by atoms with Crippen molar-refractivity contribution >= 4 is 5.91 Å². The molecule has 5 rings (SSSR count). The molecule has 1 aromatic carbocycles. The number of aromatic amines is 1. The molecule has 0 bridgehead atoms. The first-order chi connectivity index (χ1) is 12.8. The smallest absolute Gasteiger partial charge is 0.272 e. The van der Waals surface area contributed by atoms with Crippen LogP contribution in [0.5, 0.6) is 0 Å². The van der Waals surface area contributed by atoms with Crippen LogP contribution in [-0.4, -0.2) is 34.9 Å². The second-order valence-electron chi connectivity index (χ2n) is 7.88. The third kappa shape index (κ3) is 2.65. The second-order valence-corrected chi connectivity index (χ2v) is 7.88. The summed E-state index contributed by atoms with van der Waals surface area (Å²) in [5.74, 6) is 0.781. The van der Waals surface area contributed by atoms with Gasteiger partial charge in [-0.3, -0.25) is 9.89 Å². The third-order valence-corrected chi connectivity index (χ3v) is 6.41. The molecule has 0 radical (unpaired) electrons. The highest BCUT2D eigenvalue weighted by Crippen LogP contribution is 2.45. The number of hydrogen-bond acceptors (Lipinski definition) is 3. The first kappa shape index (κ1) is 16.1. The van der Waals surface area contributed by atoms with Crippen molar-refractivity contribution in [2.75, 3.05) is 6.61 Å². The summed E-state index contributed by atoms with van der Waals surface area (Å²) in [6.45, 7) is 0.810. The quantitative estimate of drug-likeness (QED) is 0.890. The summed E-state index contributed by atoms with van der Waals surface area (Å²) in [5.41, 5.74) is 4.20. The average Bonchev–Trinajstić information content (AvgIpc) is 3.30. The minimum atomic E-state index is -0.0159. The van der Waals surface area contributed by atoms with Gasteiger partial charge in [0.2, 0.25) is 0 Å². The molecule has 1 saturated heterocycles. The van der Waals surface area contributed by atoms with Gasteiger partial charge in [-0.2, -0.15) is 5.10 Å². The maximum absolute atomic E-state index is 12.9. The van der Waals surface area contributed by atoms with Gasteiger partial charge in [0.05, 0.1) is 6.10 Å². The molecule has 136 valence electrons. The Morgan fingerprint density at radius 1 is 1.23 bits per heavy atom. The predicted molar refractivity (Wildman–Crippen MR) is 98.0 cm³/mol. The number of aryl methyl sites for hydroxylation is 1. The number of nitrogens with one attached hydrogen (secondary N) is 2. The number of aromatic nitrogens is 2. The SMILES string of the molecule is O=C(N[C@@H]1[C@@H](Cc2ccccc2)[C@H]2OCC[C@@H]12)c1n[nH]c2c1CCCC2. The van der Waals surface area contributed by atoms with Gasteiger partial charge in [-0.15, -0.1) is 0 Å². The molecule has 0 unspecified atom stereocenters. The molecule has 1 aliphatic heterocycles. The number of rotatable bonds is 4. The van der Waals surface area contributed by atoms with Crippen LogP contribution < -0.4 is 5.32 Å². The molecular formula is C21H25N3O2. The summed E-state index contributed by atoms with van der Waals surface area (Å²) in [6, 6.07) is 10.7. The van der Waals surface area contributed by atoms with E-state index in [1.165, 1.54) is 12.0 Å². The Hall–Kier alpha value is -2.14. The monoisotopic (exact) mass is 351 g/mol. The number of nitrogens with zero attached hydrogens (tertiary/aromatic N) is 1. The highest BCUT2D eigenvalue weighted by atomic mass is 16.5. The van der Waals surface area contributed by atoms with E-state index in [4.69, 9.17) is 4.74 Å². The van der Waals surface area contributed by atoms with E-state index in [-0.39, 0.29) is 18.1 Å². The molecule has 1 saturated carbocycles. The normalized spacial score (nSPS) is 29.5. The highest BCUT2D eigenvalue weighted by molar-refractivity contribution is 5.94. The molecule has 2 aliphatic carbocycles. The Morgan fingerprint density at radius 2 is 2.08 bits per heavy atom. The number of amides is 1. The third-order valence-electron chi connectivity index (χ3n) is 6.41. The van der Waals surface area contributed by atoms with Gasteiger partial charge < -0.3 is 10.1 Å². The topological polar surface area (TPSA) is 67.0 Å². The number of carbonyl (C=O) groups is 1. The molecule has 2 aromatic rings. The van der Waals surface area contributed by atoms with Gasteiger partial charge >= 0.3 is 0 Å². The van der Waals surface area contributed by atoms with Gasteiger partial charge in [0.1, 0.15) is 0 Å². The molecule has 1 amide bonds. The molecule has 26 heavy (non-hydrogen) atoms. The zero-order valence-corrected chi connectivity index (χ0v) is 14.9. The van der Waals surface area contributed by atoms with Crippen molar-refractivity contribution in [2.45, 2.75) is 50.7 Å². The van der Waals surface area contributed by atoms with Crippen molar-refractivity contribution < 1.29 is 9.53 Å². The van der Waals surface area contributed by atoms with Crippen LogP contribution in [0, 0.1) is 11.8 Å². The van der Waals surface area contributed by atoms with Crippen molar-refractivity contribution in [3.63, 3.8) is 0 Å². The van der Waals surface area contributed by atoms with E-state index in [0.29, 0.717) is 17.5 Å². The molecule has 5 nitrogen and oxygen atoms in total. The fourth-order valence-electron chi connectivity index (χ4n) is 5.06. The number of carbonyl (C=O) groups excluding carboxylic acids is 1. The van der Waals surface area contributed by atoms with Gasteiger partial charge in [-0.1, -0.05) is 30.3 Å². The van der Waals surface area contributed by atoms with Gasteiger partial charge in [-0.05, 0) is 44.1 Å². The Kier molecular flexibility index (Phi) is 4.04. The first-order valence-corrected chi connectivity index (χ1v) is 9.84. The van der Waals surface area contributed by atoms with Gasteiger partial charge in [0.25, 0.3) is 5.91 Å². The lowest BCUT2D eigenvalue weighted by Crippen LogP contribution is -2.62. The summed E-state index contributed by atoms with van der Waals surface area (Å²) >= 11 is 0. The molecule has 3 aliphatic rings. The van der Waals surface area contributed by atoms with Crippen molar-refractivity contribution in [2.24, 2.45) is 11.8 Å². The summed E-state index contributed by atoms with van der Waals surface area (Å²) in [6.07, 6.45) is 6.57. The molecule has 2 heterocycles.